The van der Waals surface area contributed by atoms with Crippen molar-refractivity contribution in [2.24, 2.45) is 0 Å². The van der Waals surface area contributed by atoms with Crippen molar-refractivity contribution in [3.05, 3.63) is 39.3 Å². The Morgan fingerprint density at radius 2 is 2.14 bits per heavy atom. The number of amides is 2. The highest BCUT2D eigenvalue weighted by atomic mass is 32.1. The lowest BCUT2D eigenvalue weighted by Gasteiger charge is -2.16. The van der Waals surface area contributed by atoms with Crippen LogP contribution in [0.4, 0.5) is 5.13 Å². The molecule has 3 aromatic rings. The van der Waals surface area contributed by atoms with Gasteiger partial charge in [0.05, 0.1) is 10.6 Å². The van der Waals surface area contributed by atoms with Gasteiger partial charge >= 0.3 is 0 Å². The number of rotatable bonds is 5. The van der Waals surface area contributed by atoms with Crippen LogP contribution in [0.3, 0.4) is 0 Å². The number of fused-ring (bicyclic) bond motifs is 1. The zero-order valence-corrected chi connectivity index (χ0v) is 18.2. The minimum atomic E-state index is -0.0960. The number of anilines is 1. The van der Waals surface area contributed by atoms with E-state index in [9.17, 15) is 9.59 Å². The average Bonchev–Trinajstić information content (AvgIpc) is 3.43. The van der Waals surface area contributed by atoms with Gasteiger partial charge in [-0.3, -0.25) is 9.59 Å². The average molecular weight is 430 g/mol. The van der Waals surface area contributed by atoms with Gasteiger partial charge < -0.3 is 15.5 Å². The maximum absolute atomic E-state index is 13.1. The lowest BCUT2D eigenvalue weighted by molar-refractivity contribution is 0.0794. The Balaban J connectivity index is 1.62. The number of pyridine rings is 1. The molecule has 4 heterocycles. The maximum atomic E-state index is 13.1. The third kappa shape index (κ3) is 3.60. The van der Waals surface area contributed by atoms with Crippen LogP contribution in [0.2, 0.25) is 0 Å². The Hall–Kier alpha value is -2.52. The van der Waals surface area contributed by atoms with Crippen molar-refractivity contribution in [2.45, 2.75) is 26.2 Å². The molecule has 1 aliphatic heterocycles. The number of likely N-dealkylation sites (tertiary alicyclic amines) is 1. The Morgan fingerprint density at radius 1 is 1.31 bits per heavy atom. The van der Waals surface area contributed by atoms with Gasteiger partial charge in [0, 0.05) is 44.2 Å². The normalized spacial score (nSPS) is 16.4. The third-order valence-corrected chi connectivity index (χ3v) is 7.37. The SMILES string of the molecule is CCNc1nc(C)c(C(=O)N2CCC(c3c(C(=O)NC)sc4ncccc34)C2)s1. The van der Waals surface area contributed by atoms with E-state index in [2.05, 4.69) is 20.6 Å². The van der Waals surface area contributed by atoms with E-state index in [0.717, 1.165) is 39.6 Å². The van der Waals surface area contributed by atoms with Crippen molar-refractivity contribution < 1.29 is 9.59 Å². The molecule has 1 fully saturated rings. The summed E-state index contributed by atoms with van der Waals surface area (Å²) < 4.78 is 0. The maximum Gasteiger partial charge on any atom is 0.265 e. The van der Waals surface area contributed by atoms with Crippen molar-refractivity contribution in [3.8, 4) is 0 Å². The molecular formula is C20H23N5O2S2. The molecule has 0 saturated carbocycles. The quantitative estimate of drug-likeness (QED) is 0.648. The first-order chi connectivity index (χ1) is 14.0. The van der Waals surface area contributed by atoms with Gasteiger partial charge in [0.1, 0.15) is 9.71 Å². The highest BCUT2D eigenvalue weighted by Crippen LogP contribution is 2.40. The summed E-state index contributed by atoms with van der Waals surface area (Å²) in [6, 6.07) is 3.91. The van der Waals surface area contributed by atoms with Gasteiger partial charge in [-0.2, -0.15) is 0 Å². The van der Waals surface area contributed by atoms with Crippen LogP contribution < -0.4 is 10.6 Å². The fourth-order valence-corrected chi connectivity index (χ4v) is 5.96. The molecule has 0 bridgehead atoms. The minimum absolute atomic E-state index is 0.0193. The first-order valence-electron chi connectivity index (χ1n) is 9.63. The molecule has 0 radical (unpaired) electrons. The van der Waals surface area contributed by atoms with Gasteiger partial charge in [-0.05, 0) is 31.9 Å². The monoisotopic (exact) mass is 429 g/mol. The number of carbonyl (C=O) groups excluding carboxylic acids is 2. The van der Waals surface area contributed by atoms with Gasteiger partial charge in [-0.25, -0.2) is 9.97 Å². The van der Waals surface area contributed by atoms with Crippen LogP contribution >= 0.6 is 22.7 Å². The molecule has 1 saturated heterocycles. The summed E-state index contributed by atoms with van der Waals surface area (Å²) in [7, 11) is 1.64. The van der Waals surface area contributed by atoms with Crippen molar-refractivity contribution in [2.75, 3.05) is 32.0 Å². The third-order valence-electron chi connectivity index (χ3n) is 5.14. The summed E-state index contributed by atoms with van der Waals surface area (Å²) in [5, 5.41) is 7.71. The summed E-state index contributed by atoms with van der Waals surface area (Å²) in [5.74, 6) is 0.0397. The lowest BCUT2D eigenvalue weighted by atomic mass is 9.95. The zero-order valence-electron chi connectivity index (χ0n) is 16.6. The standard InChI is InChI=1S/C20H23N5O2S2/c1-4-22-20-24-11(2)15(29-20)19(27)25-9-7-12(10-25)14-13-6-5-8-23-18(13)28-16(14)17(26)21-3/h5-6,8,12H,4,7,9-10H2,1-3H3,(H,21,26)(H,22,24). The summed E-state index contributed by atoms with van der Waals surface area (Å²) in [6.07, 6.45) is 2.57. The largest absolute Gasteiger partial charge is 0.362 e. The highest BCUT2D eigenvalue weighted by Gasteiger charge is 2.34. The molecule has 1 unspecified atom stereocenters. The van der Waals surface area contributed by atoms with Gasteiger partial charge in [-0.1, -0.05) is 17.4 Å². The molecular weight excluding hydrogens is 406 g/mol. The number of thiazole rings is 1. The number of aromatic nitrogens is 2. The van der Waals surface area contributed by atoms with Crippen LogP contribution in [0.5, 0.6) is 0 Å². The van der Waals surface area contributed by atoms with Crippen molar-refractivity contribution in [1.82, 2.24) is 20.2 Å². The van der Waals surface area contributed by atoms with Crippen LogP contribution in [0, 0.1) is 6.92 Å². The highest BCUT2D eigenvalue weighted by molar-refractivity contribution is 7.20. The van der Waals surface area contributed by atoms with Gasteiger partial charge in [-0.15, -0.1) is 11.3 Å². The van der Waals surface area contributed by atoms with Crippen molar-refractivity contribution in [3.63, 3.8) is 0 Å². The Labute approximate surface area is 177 Å². The molecule has 4 rings (SSSR count). The van der Waals surface area contributed by atoms with Crippen LogP contribution in [0.1, 0.15) is 49.9 Å². The Kier molecular flexibility index (Phi) is 5.51. The smallest absolute Gasteiger partial charge is 0.265 e. The number of thiophene rings is 1. The fraction of sp³-hybridized carbons (Fsp3) is 0.400. The van der Waals surface area contributed by atoms with Crippen LogP contribution in [-0.2, 0) is 0 Å². The number of aryl methyl sites for hydroxylation is 1. The molecule has 0 aliphatic carbocycles. The van der Waals surface area contributed by atoms with Gasteiger partial charge in [0.15, 0.2) is 5.13 Å². The van der Waals surface area contributed by atoms with E-state index in [-0.39, 0.29) is 17.7 Å². The van der Waals surface area contributed by atoms with E-state index in [4.69, 9.17) is 0 Å². The summed E-state index contributed by atoms with van der Waals surface area (Å²) in [5.41, 5.74) is 1.78. The molecule has 29 heavy (non-hydrogen) atoms. The van der Waals surface area contributed by atoms with E-state index in [1.54, 1.807) is 13.2 Å². The molecule has 0 spiro atoms. The first kappa shape index (κ1) is 19.8. The van der Waals surface area contributed by atoms with Crippen molar-refractivity contribution in [1.29, 1.82) is 0 Å². The second kappa shape index (κ2) is 8.08. The van der Waals surface area contributed by atoms with E-state index < -0.39 is 0 Å². The molecule has 2 amide bonds. The molecule has 1 atom stereocenters. The number of hydrogen-bond acceptors (Lipinski definition) is 7. The lowest BCUT2D eigenvalue weighted by Crippen LogP contribution is -2.28. The minimum Gasteiger partial charge on any atom is -0.362 e. The second-order valence-electron chi connectivity index (χ2n) is 6.98. The molecule has 7 nitrogen and oxygen atoms in total. The zero-order chi connectivity index (χ0) is 20.5. The molecule has 3 aromatic heterocycles. The number of hydrogen-bond donors (Lipinski definition) is 2. The summed E-state index contributed by atoms with van der Waals surface area (Å²) in [6.45, 7) is 5.92. The number of nitrogens with zero attached hydrogens (tertiary/aromatic N) is 3. The Bertz CT molecular complexity index is 1070. The molecule has 0 aromatic carbocycles. The number of nitrogens with one attached hydrogen (secondary N) is 2. The molecule has 2 N–H and O–H groups in total. The fourth-order valence-electron chi connectivity index (χ4n) is 3.78. The molecule has 1 aliphatic rings. The number of carbonyl (C=O) groups is 2. The Morgan fingerprint density at radius 3 is 2.90 bits per heavy atom. The van der Waals surface area contributed by atoms with E-state index in [1.807, 2.05) is 30.9 Å². The van der Waals surface area contributed by atoms with Gasteiger partial charge in [0.25, 0.3) is 11.8 Å². The molecule has 9 heteroatoms. The summed E-state index contributed by atoms with van der Waals surface area (Å²) >= 11 is 2.82. The second-order valence-corrected chi connectivity index (χ2v) is 8.98. The van der Waals surface area contributed by atoms with Crippen LogP contribution in [0.25, 0.3) is 10.2 Å². The summed E-state index contributed by atoms with van der Waals surface area (Å²) in [4.78, 5) is 38.6. The predicted molar refractivity (Wildman–Crippen MR) is 117 cm³/mol. The molecule has 152 valence electrons. The topological polar surface area (TPSA) is 87.2 Å². The van der Waals surface area contributed by atoms with E-state index in [0.29, 0.717) is 22.8 Å². The van der Waals surface area contributed by atoms with E-state index in [1.165, 1.54) is 22.7 Å². The van der Waals surface area contributed by atoms with Crippen molar-refractivity contribution >= 4 is 49.8 Å². The van der Waals surface area contributed by atoms with Crippen LogP contribution in [0.15, 0.2) is 18.3 Å². The van der Waals surface area contributed by atoms with Gasteiger partial charge in [0.2, 0.25) is 0 Å². The first-order valence-corrected chi connectivity index (χ1v) is 11.3. The van der Waals surface area contributed by atoms with E-state index >= 15 is 0 Å². The van der Waals surface area contributed by atoms with Crippen LogP contribution in [-0.4, -0.2) is 53.4 Å². The predicted octanol–water partition coefficient (Wildman–Crippen LogP) is 3.48.